The lowest BCUT2D eigenvalue weighted by atomic mass is 10.1. The fourth-order valence-electron chi connectivity index (χ4n) is 1.92. The molecule has 1 N–H and O–H groups in total. The summed E-state index contributed by atoms with van der Waals surface area (Å²) in [5, 5.41) is 3.50. The highest BCUT2D eigenvalue weighted by molar-refractivity contribution is 6.30. The molecule has 0 heterocycles. The third kappa shape index (κ3) is 4.00. The largest absolute Gasteiger partial charge is 0.496 e. The fourth-order valence-corrected chi connectivity index (χ4v) is 2.12. The number of carbonyl (C=O) groups is 1. The monoisotopic (exact) mass is 289 g/mol. The van der Waals surface area contributed by atoms with Crippen molar-refractivity contribution in [3.8, 4) is 5.75 Å². The number of amides is 1. The Morgan fingerprint density at radius 2 is 1.95 bits per heavy atom. The van der Waals surface area contributed by atoms with E-state index in [-0.39, 0.29) is 5.91 Å². The summed E-state index contributed by atoms with van der Waals surface area (Å²) in [5.74, 6) is 0.688. The highest BCUT2D eigenvalue weighted by Gasteiger charge is 2.07. The molecule has 20 heavy (non-hydrogen) atoms. The molecule has 0 aliphatic carbocycles. The lowest BCUT2D eigenvalue weighted by Gasteiger charge is -2.10. The Morgan fingerprint density at radius 1 is 1.20 bits per heavy atom. The number of carbonyl (C=O) groups excluding carboxylic acids is 1. The Hall–Kier alpha value is -2.00. The van der Waals surface area contributed by atoms with E-state index in [0.29, 0.717) is 18.0 Å². The number of hydrogen-bond donors (Lipinski definition) is 1. The maximum Gasteiger partial charge on any atom is 0.224 e. The molecule has 0 aliphatic rings. The van der Waals surface area contributed by atoms with Crippen LogP contribution in [0.3, 0.4) is 0 Å². The molecule has 1 amide bonds. The number of hydrogen-bond acceptors (Lipinski definition) is 2. The molecule has 2 rings (SSSR count). The first-order valence-electron chi connectivity index (χ1n) is 6.32. The number of halogens is 1. The van der Waals surface area contributed by atoms with Crippen LogP contribution in [0.5, 0.6) is 5.75 Å². The van der Waals surface area contributed by atoms with Crippen molar-refractivity contribution in [3.05, 3.63) is 64.7 Å². The molecule has 4 heteroatoms. The van der Waals surface area contributed by atoms with E-state index in [2.05, 4.69) is 5.32 Å². The second-order valence-electron chi connectivity index (χ2n) is 4.40. The van der Waals surface area contributed by atoms with Crippen molar-refractivity contribution in [3.63, 3.8) is 0 Å². The van der Waals surface area contributed by atoms with E-state index in [4.69, 9.17) is 16.3 Å². The lowest BCUT2D eigenvalue weighted by Crippen LogP contribution is -2.24. The minimum Gasteiger partial charge on any atom is -0.496 e. The zero-order valence-corrected chi connectivity index (χ0v) is 12.0. The smallest absolute Gasteiger partial charge is 0.224 e. The normalized spacial score (nSPS) is 10.1. The number of nitrogens with one attached hydrogen (secondary N) is 1. The number of rotatable bonds is 5. The van der Waals surface area contributed by atoms with Gasteiger partial charge in [0.15, 0.2) is 0 Å². The summed E-state index contributed by atoms with van der Waals surface area (Å²) in [7, 11) is 1.60. The topological polar surface area (TPSA) is 38.3 Å². The van der Waals surface area contributed by atoms with Gasteiger partial charge in [-0.05, 0) is 23.8 Å². The zero-order chi connectivity index (χ0) is 14.4. The maximum absolute atomic E-state index is 11.9. The molecule has 0 fully saturated rings. The molecule has 0 saturated carbocycles. The number of ether oxygens (including phenoxy) is 1. The first-order chi connectivity index (χ1) is 9.69. The molecular formula is C16H16ClNO2. The minimum absolute atomic E-state index is 0.0294. The summed E-state index contributed by atoms with van der Waals surface area (Å²) < 4.78 is 5.24. The van der Waals surface area contributed by atoms with Gasteiger partial charge in [0, 0.05) is 17.1 Å². The first kappa shape index (κ1) is 14.4. The van der Waals surface area contributed by atoms with E-state index in [0.717, 1.165) is 16.9 Å². The zero-order valence-electron chi connectivity index (χ0n) is 11.2. The summed E-state index contributed by atoms with van der Waals surface area (Å²) in [6, 6.07) is 15.0. The van der Waals surface area contributed by atoms with Gasteiger partial charge in [0.25, 0.3) is 0 Å². The molecule has 2 aromatic carbocycles. The molecular weight excluding hydrogens is 274 g/mol. The summed E-state index contributed by atoms with van der Waals surface area (Å²) >= 11 is 5.95. The number of methoxy groups -OCH3 is 1. The fraction of sp³-hybridized carbons (Fsp3) is 0.188. The average Bonchev–Trinajstić information content (AvgIpc) is 2.46. The van der Waals surface area contributed by atoms with E-state index < -0.39 is 0 Å². The average molecular weight is 290 g/mol. The summed E-state index contributed by atoms with van der Waals surface area (Å²) in [5.41, 5.74) is 1.85. The van der Waals surface area contributed by atoms with Crippen LogP contribution in [0.1, 0.15) is 11.1 Å². The third-order valence-corrected chi connectivity index (χ3v) is 3.16. The van der Waals surface area contributed by atoms with Gasteiger partial charge in [-0.1, -0.05) is 41.9 Å². The highest BCUT2D eigenvalue weighted by atomic mass is 35.5. The van der Waals surface area contributed by atoms with Crippen LogP contribution in [0.4, 0.5) is 0 Å². The van der Waals surface area contributed by atoms with Gasteiger partial charge in [0.05, 0.1) is 13.5 Å². The predicted octanol–water partition coefficient (Wildman–Crippen LogP) is 3.21. The molecule has 0 bridgehead atoms. The van der Waals surface area contributed by atoms with Crippen molar-refractivity contribution in [1.82, 2.24) is 5.32 Å². The Bertz CT molecular complexity index is 584. The van der Waals surface area contributed by atoms with Crippen molar-refractivity contribution in [1.29, 1.82) is 0 Å². The first-order valence-corrected chi connectivity index (χ1v) is 6.70. The van der Waals surface area contributed by atoms with Gasteiger partial charge in [-0.3, -0.25) is 4.79 Å². The lowest BCUT2D eigenvalue weighted by molar-refractivity contribution is -0.120. The van der Waals surface area contributed by atoms with E-state index in [1.807, 2.05) is 30.3 Å². The van der Waals surface area contributed by atoms with Gasteiger partial charge in [-0.2, -0.15) is 0 Å². The van der Waals surface area contributed by atoms with Crippen LogP contribution in [-0.4, -0.2) is 13.0 Å². The van der Waals surface area contributed by atoms with Crippen molar-refractivity contribution < 1.29 is 9.53 Å². The molecule has 2 aromatic rings. The van der Waals surface area contributed by atoms with E-state index in [1.54, 1.807) is 25.3 Å². The van der Waals surface area contributed by atoms with Gasteiger partial charge in [0.1, 0.15) is 5.75 Å². The molecule has 0 spiro atoms. The van der Waals surface area contributed by atoms with Crippen molar-refractivity contribution >= 4 is 17.5 Å². The highest BCUT2D eigenvalue weighted by Crippen LogP contribution is 2.22. The van der Waals surface area contributed by atoms with E-state index in [9.17, 15) is 4.79 Å². The van der Waals surface area contributed by atoms with E-state index >= 15 is 0 Å². The van der Waals surface area contributed by atoms with Gasteiger partial charge in [-0.25, -0.2) is 0 Å². The van der Waals surface area contributed by atoms with Crippen molar-refractivity contribution in [2.45, 2.75) is 13.0 Å². The van der Waals surface area contributed by atoms with Crippen molar-refractivity contribution in [2.75, 3.05) is 7.11 Å². The van der Waals surface area contributed by atoms with Crippen LogP contribution < -0.4 is 10.1 Å². The Labute approximate surface area is 123 Å². The predicted molar refractivity (Wildman–Crippen MR) is 80.0 cm³/mol. The Morgan fingerprint density at radius 3 is 2.65 bits per heavy atom. The van der Waals surface area contributed by atoms with Crippen LogP contribution in [0.25, 0.3) is 0 Å². The Balaban J connectivity index is 1.95. The van der Waals surface area contributed by atoms with Gasteiger partial charge in [-0.15, -0.1) is 0 Å². The maximum atomic E-state index is 11.9. The second-order valence-corrected chi connectivity index (χ2v) is 4.83. The van der Waals surface area contributed by atoms with Gasteiger partial charge >= 0.3 is 0 Å². The van der Waals surface area contributed by atoms with Crippen LogP contribution in [0, 0.1) is 0 Å². The second kappa shape index (κ2) is 6.96. The summed E-state index contributed by atoms with van der Waals surface area (Å²) in [6.45, 7) is 0.398. The summed E-state index contributed by atoms with van der Waals surface area (Å²) in [4.78, 5) is 11.9. The molecule has 0 saturated heterocycles. The van der Waals surface area contributed by atoms with Crippen molar-refractivity contribution in [2.24, 2.45) is 0 Å². The number of benzene rings is 2. The summed E-state index contributed by atoms with van der Waals surface area (Å²) in [6.07, 6.45) is 0.365. The standard InChI is InChI=1S/C16H16ClNO2/c1-20-15-8-7-14(17)10-13(15)11-18-16(19)9-12-5-3-2-4-6-12/h2-8,10H,9,11H2,1H3,(H,18,19). The van der Waals surface area contributed by atoms with Crippen LogP contribution in [0.15, 0.2) is 48.5 Å². The minimum atomic E-state index is -0.0294. The molecule has 0 radical (unpaired) electrons. The molecule has 104 valence electrons. The van der Waals surface area contributed by atoms with Crippen LogP contribution in [-0.2, 0) is 17.8 Å². The molecule has 0 aromatic heterocycles. The molecule has 3 nitrogen and oxygen atoms in total. The SMILES string of the molecule is COc1ccc(Cl)cc1CNC(=O)Cc1ccccc1. The van der Waals surface area contributed by atoms with E-state index in [1.165, 1.54) is 0 Å². The van der Waals surface area contributed by atoms with Gasteiger partial charge < -0.3 is 10.1 Å². The Kier molecular flexibility index (Phi) is 5.02. The molecule has 0 atom stereocenters. The molecule has 0 aliphatic heterocycles. The third-order valence-electron chi connectivity index (χ3n) is 2.93. The molecule has 0 unspecified atom stereocenters. The quantitative estimate of drug-likeness (QED) is 0.918. The van der Waals surface area contributed by atoms with Crippen LogP contribution in [0.2, 0.25) is 5.02 Å². The van der Waals surface area contributed by atoms with Crippen LogP contribution >= 0.6 is 11.6 Å². The van der Waals surface area contributed by atoms with Gasteiger partial charge in [0.2, 0.25) is 5.91 Å².